The van der Waals surface area contributed by atoms with Crippen LogP contribution in [0.15, 0.2) is 29.9 Å². The highest BCUT2D eigenvalue weighted by Crippen LogP contribution is 2.11. The van der Waals surface area contributed by atoms with Crippen LogP contribution < -0.4 is 0 Å². The molecule has 10 heavy (non-hydrogen) atoms. The van der Waals surface area contributed by atoms with Gasteiger partial charge in [0.25, 0.3) is 0 Å². The van der Waals surface area contributed by atoms with Gasteiger partial charge in [-0.25, -0.2) is 0 Å². The molecule has 0 unspecified atom stereocenters. The summed E-state index contributed by atoms with van der Waals surface area (Å²) in [5.41, 5.74) is 0. The molecule has 1 rings (SSSR count). The Kier molecular flexibility index (Phi) is 3.09. The lowest BCUT2D eigenvalue weighted by molar-refractivity contribution is 0.638. The number of hydrogen-bond acceptors (Lipinski definition) is 3. The van der Waals surface area contributed by atoms with Crippen molar-refractivity contribution in [3.63, 3.8) is 0 Å². The van der Waals surface area contributed by atoms with E-state index in [1.165, 1.54) is 0 Å². The highest BCUT2D eigenvalue weighted by Gasteiger charge is 1.97. The summed E-state index contributed by atoms with van der Waals surface area (Å²) in [6.45, 7) is 4.39. The molecule has 0 saturated carbocycles. The Morgan fingerprint density at radius 2 is 2.70 bits per heavy atom. The fraction of sp³-hybridized carbons (Fsp3) is 0.286. The molecule has 1 heterocycles. The molecule has 0 aliphatic carbocycles. The second kappa shape index (κ2) is 4.17. The van der Waals surface area contributed by atoms with Gasteiger partial charge in [0, 0.05) is 18.2 Å². The molecule has 54 valence electrons. The minimum atomic E-state index is 0.759. The van der Waals surface area contributed by atoms with Gasteiger partial charge in [0.05, 0.1) is 0 Å². The lowest BCUT2D eigenvalue weighted by Crippen LogP contribution is -2.10. The third-order valence-electron chi connectivity index (χ3n) is 1.02. The third-order valence-corrected chi connectivity index (χ3v) is 1.98. The van der Waals surface area contributed by atoms with Gasteiger partial charge in [-0.2, -0.15) is 0 Å². The van der Waals surface area contributed by atoms with Crippen LogP contribution in [0.2, 0.25) is 0 Å². The average Bonchev–Trinajstić information content (AvgIpc) is 2.03. The van der Waals surface area contributed by atoms with Gasteiger partial charge in [0.15, 0.2) is 0 Å². The zero-order valence-corrected chi connectivity index (χ0v) is 6.55. The maximum absolute atomic E-state index is 4.07. The molecule has 0 fully saturated rings. The molecule has 0 aromatic heterocycles. The SMILES string of the molecule is C=CCSN1C=CC=NC1. The normalized spacial score (nSPS) is 15.8. The van der Waals surface area contributed by atoms with E-state index < -0.39 is 0 Å². The molecule has 0 aromatic rings. The molecule has 1 aliphatic rings. The van der Waals surface area contributed by atoms with Crippen LogP contribution in [0, 0.1) is 0 Å². The maximum atomic E-state index is 4.07. The van der Waals surface area contributed by atoms with Crippen molar-refractivity contribution in [1.29, 1.82) is 0 Å². The molecule has 1 aliphatic heterocycles. The Morgan fingerprint density at radius 3 is 3.30 bits per heavy atom. The number of nitrogens with zero attached hydrogens (tertiary/aromatic N) is 2. The van der Waals surface area contributed by atoms with Crippen LogP contribution >= 0.6 is 11.9 Å². The number of rotatable bonds is 3. The second-order valence-corrected chi connectivity index (χ2v) is 2.88. The van der Waals surface area contributed by atoms with E-state index in [-0.39, 0.29) is 0 Å². The molecule has 0 N–H and O–H groups in total. The maximum Gasteiger partial charge on any atom is 0.120 e. The Labute approximate surface area is 65.5 Å². The standard InChI is InChI=1S/C7H10N2S/c1-2-6-10-9-5-3-4-8-7-9/h2-5H,1,6-7H2. The highest BCUT2D eigenvalue weighted by molar-refractivity contribution is 7.97. The Hall–Kier alpha value is -0.700. The van der Waals surface area contributed by atoms with E-state index in [2.05, 4.69) is 15.9 Å². The van der Waals surface area contributed by atoms with Crippen LogP contribution in [0.4, 0.5) is 0 Å². The van der Waals surface area contributed by atoms with Gasteiger partial charge in [-0.15, -0.1) is 6.58 Å². The first-order valence-electron chi connectivity index (χ1n) is 3.10. The Bertz CT molecular complexity index is 163. The molecular formula is C7H10N2S. The van der Waals surface area contributed by atoms with Gasteiger partial charge in [0.2, 0.25) is 0 Å². The minimum Gasteiger partial charge on any atom is -0.302 e. The Morgan fingerprint density at radius 1 is 1.80 bits per heavy atom. The number of hydrogen-bond donors (Lipinski definition) is 0. The van der Waals surface area contributed by atoms with Crippen LogP contribution in [0.1, 0.15) is 0 Å². The van der Waals surface area contributed by atoms with Crippen molar-refractivity contribution in [2.24, 2.45) is 4.99 Å². The summed E-state index contributed by atoms with van der Waals surface area (Å²) in [6.07, 6.45) is 7.64. The molecule has 0 spiro atoms. The first-order valence-corrected chi connectivity index (χ1v) is 4.05. The van der Waals surface area contributed by atoms with Crippen LogP contribution in [0.3, 0.4) is 0 Å². The number of allylic oxidation sites excluding steroid dienone is 1. The monoisotopic (exact) mass is 154 g/mol. The average molecular weight is 154 g/mol. The lowest BCUT2D eigenvalue weighted by atomic mass is 10.6. The first kappa shape index (κ1) is 7.41. The molecule has 0 aromatic carbocycles. The topological polar surface area (TPSA) is 15.6 Å². The van der Waals surface area contributed by atoms with E-state index in [1.54, 1.807) is 11.9 Å². The summed E-state index contributed by atoms with van der Waals surface area (Å²) in [4.78, 5) is 4.07. The van der Waals surface area contributed by atoms with Gasteiger partial charge < -0.3 is 4.31 Å². The van der Waals surface area contributed by atoms with Gasteiger partial charge in [0.1, 0.15) is 6.67 Å². The van der Waals surface area contributed by atoms with Crippen molar-refractivity contribution < 1.29 is 0 Å². The lowest BCUT2D eigenvalue weighted by Gasteiger charge is -2.16. The fourth-order valence-electron chi connectivity index (χ4n) is 0.602. The molecule has 2 nitrogen and oxygen atoms in total. The first-order chi connectivity index (χ1) is 4.93. The summed E-state index contributed by atoms with van der Waals surface area (Å²) in [5, 5.41) is 0. The highest BCUT2D eigenvalue weighted by atomic mass is 32.2. The van der Waals surface area contributed by atoms with Crippen molar-refractivity contribution in [2.75, 3.05) is 12.4 Å². The summed E-state index contributed by atoms with van der Waals surface area (Å²) < 4.78 is 2.07. The molecule has 0 atom stereocenters. The summed E-state index contributed by atoms with van der Waals surface area (Å²) in [7, 11) is 0. The van der Waals surface area contributed by atoms with Crippen molar-refractivity contribution in [1.82, 2.24) is 4.31 Å². The van der Waals surface area contributed by atoms with E-state index in [0.29, 0.717) is 0 Å². The van der Waals surface area contributed by atoms with Crippen molar-refractivity contribution in [3.05, 3.63) is 24.9 Å². The van der Waals surface area contributed by atoms with Crippen molar-refractivity contribution in [3.8, 4) is 0 Å². The van der Waals surface area contributed by atoms with Crippen LogP contribution in [0.5, 0.6) is 0 Å². The van der Waals surface area contributed by atoms with Crippen molar-refractivity contribution in [2.45, 2.75) is 0 Å². The molecule has 3 heteroatoms. The van der Waals surface area contributed by atoms with E-state index >= 15 is 0 Å². The van der Waals surface area contributed by atoms with Gasteiger partial charge >= 0.3 is 0 Å². The Balaban J connectivity index is 2.23. The number of aliphatic imine (C=N–C) groups is 1. The van der Waals surface area contributed by atoms with Crippen LogP contribution in [-0.4, -0.2) is 22.9 Å². The van der Waals surface area contributed by atoms with E-state index in [9.17, 15) is 0 Å². The largest absolute Gasteiger partial charge is 0.302 e. The van der Waals surface area contributed by atoms with E-state index in [1.807, 2.05) is 24.6 Å². The smallest absolute Gasteiger partial charge is 0.120 e. The van der Waals surface area contributed by atoms with Crippen LogP contribution in [0.25, 0.3) is 0 Å². The molecule has 0 amide bonds. The van der Waals surface area contributed by atoms with Crippen molar-refractivity contribution >= 4 is 18.2 Å². The van der Waals surface area contributed by atoms with Gasteiger partial charge in [-0.1, -0.05) is 6.08 Å². The minimum absolute atomic E-state index is 0.759. The predicted molar refractivity (Wildman–Crippen MR) is 47.0 cm³/mol. The summed E-state index contributed by atoms with van der Waals surface area (Å²) >= 11 is 1.71. The second-order valence-electron chi connectivity index (χ2n) is 1.82. The summed E-state index contributed by atoms with van der Waals surface area (Å²) in [5.74, 6) is 0.944. The molecular weight excluding hydrogens is 144 g/mol. The zero-order valence-electron chi connectivity index (χ0n) is 5.73. The van der Waals surface area contributed by atoms with E-state index in [4.69, 9.17) is 0 Å². The molecule has 0 saturated heterocycles. The predicted octanol–water partition coefficient (Wildman–Crippen LogP) is 1.68. The van der Waals surface area contributed by atoms with E-state index in [0.717, 1.165) is 12.4 Å². The molecule has 0 radical (unpaired) electrons. The molecule has 0 bridgehead atoms. The van der Waals surface area contributed by atoms with Crippen LogP contribution in [-0.2, 0) is 0 Å². The quantitative estimate of drug-likeness (QED) is 0.454. The fourth-order valence-corrected chi connectivity index (χ4v) is 1.20. The van der Waals surface area contributed by atoms with Gasteiger partial charge in [-0.05, 0) is 18.0 Å². The summed E-state index contributed by atoms with van der Waals surface area (Å²) in [6, 6.07) is 0. The van der Waals surface area contributed by atoms with Gasteiger partial charge in [-0.3, -0.25) is 4.99 Å². The zero-order chi connectivity index (χ0) is 7.23. The third kappa shape index (κ3) is 2.27.